The summed E-state index contributed by atoms with van der Waals surface area (Å²) < 4.78 is 5.33. The Kier molecular flexibility index (Phi) is 2.86. The van der Waals surface area contributed by atoms with Gasteiger partial charge in [-0.05, 0) is 17.7 Å². The van der Waals surface area contributed by atoms with Gasteiger partial charge in [0.2, 0.25) is 5.75 Å². The molecule has 0 radical (unpaired) electrons. The molecule has 0 saturated heterocycles. The van der Waals surface area contributed by atoms with Crippen LogP contribution >= 0.6 is 0 Å². The minimum atomic E-state index is -0.659. The van der Waals surface area contributed by atoms with Crippen molar-refractivity contribution in [3.63, 3.8) is 0 Å². The monoisotopic (exact) mass is 288 g/mol. The molecule has 3 rings (SSSR count). The van der Waals surface area contributed by atoms with Crippen molar-refractivity contribution in [2.45, 2.75) is 5.92 Å². The van der Waals surface area contributed by atoms with Gasteiger partial charge in [-0.3, -0.25) is 4.79 Å². The van der Waals surface area contributed by atoms with E-state index < -0.39 is 28.9 Å². The number of carbonyl (C=O) groups is 1. The number of aromatic hydroxyl groups is 4. The van der Waals surface area contributed by atoms with Gasteiger partial charge in [0.25, 0.3) is 0 Å². The van der Waals surface area contributed by atoms with E-state index in [9.17, 15) is 25.2 Å². The van der Waals surface area contributed by atoms with Crippen LogP contribution in [-0.4, -0.2) is 32.8 Å². The van der Waals surface area contributed by atoms with Gasteiger partial charge < -0.3 is 25.2 Å². The zero-order valence-electron chi connectivity index (χ0n) is 10.8. The summed E-state index contributed by atoms with van der Waals surface area (Å²) in [5.74, 6) is -2.79. The summed E-state index contributed by atoms with van der Waals surface area (Å²) in [6, 6.07) is 6.97. The first-order valence-electron chi connectivity index (χ1n) is 6.23. The smallest absolute Gasteiger partial charge is 0.201 e. The largest absolute Gasteiger partial charge is 0.508 e. The number of carbonyl (C=O) groups excluding carboxylic acids is 1. The van der Waals surface area contributed by atoms with Crippen molar-refractivity contribution in [2.24, 2.45) is 0 Å². The van der Waals surface area contributed by atoms with Crippen LogP contribution in [0.5, 0.6) is 28.7 Å². The summed E-state index contributed by atoms with van der Waals surface area (Å²) >= 11 is 0. The molecule has 6 heteroatoms. The van der Waals surface area contributed by atoms with Gasteiger partial charge in [0, 0.05) is 6.07 Å². The highest BCUT2D eigenvalue weighted by Gasteiger charge is 2.35. The molecule has 0 aliphatic carbocycles. The van der Waals surface area contributed by atoms with Gasteiger partial charge in [0.1, 0.15) is 23.7 Å². The fourth-order valence-electron chi connectivity index (χ4n) is 2.37. The molecule has 4 N–H and O–H groups in total. The molecule has 0 saturated carbocycles. The standard InChI is InChI=1S/C15H12O6/c16-8-3-1-7(2-4-8)9-6-21-15-12(13(9)19)10(17)5-11(18)14(15)20/h1-5,9,16-18,20H,6H2. The highest BCUT2D eigenvalue weighted by Crippen LogP contribution is 2.47. The molecule has 0 amide bonds. The second-order valence-corrected chi connectivity index (χ2v) is 4.79. The SMILES string of the molecule is O=C1c2c(O)cc(O)c(O)c2OCC1c1ccc(O)cc1. The summed E-state index contributed by atoms with van der Waals surface area (Å²) in [4.78, 5) is 12.5. The van der Waals surface area contributed by atoms with E-state index in [4.69, 9.17) is 4.74 Å². The number of rotatable bonds is 1. The average molecular weight is 288 g/mol. The predicted molar refractivity (Wildman–Crippen MR) is 72.1 cm³/mol. The van der Waals surface area contributed by atoms with Crippen molar-refractivity contribution in [1.82, 2.24) is 0 Å². The van der Waals surface area contributed by atoms with E-state index in [1.807, 2.05) is 0 Å². The first kappa shape index (κ1) is 13.1. The van der Waals surface area contributed by atoms with Gasteiger partial charge in [-0.15, -0.1) is 0 Å². The number of Topliss-reactive ketones (excluding diaryl/α,β-unsaturated/α-hetero) is 1. The highest BCUT2D eigenvalue weighted by molar-refractivity contribution is 6.07. The second kappa shape index (κ2) is 4.59. The van der Waals surface area contributed by atoms with Crippen LogP contribution in [-0.2, 0) is 0 Å². The molecule has 0 spiro atoms. The lowest BCUT2D eigenvalue weighted by atomic mass is 9.88. The van der Waals surface area contributed by atoms with Crippen LogP contribution in [0.4, 0.5) is 0 Å². The fourth-order valence-corrected chi connectivity index (χ4v) is 2.37. The quantitative estimate of drug-likeness (QED) is 0.471. The van der Waals surface area contributed by atoms with Crippen molar-refractivity contribution in [3.8, 4) is 28.7 Å². The number of benzene rings is 2. The van der Waals surface area contributed by atoms with Gasteiger partial charge in [0.05, 0.1) is 5.92 Å². The minimum Gasteiger partial charge on any atom is -0.508 e. The number of ether oxygens (including phenoxy) is 1. The van der Waals surface area contributed by atoms with Crippen LogP contribution in [0.1, 0.15) is 21.8 Å². The Morgan fingerprint density at radius 1 is 1.00 bits per heavy atom. The molecule has 1 aliphatic rings. The summed E-state index contributed by atoms with van der Waals surface area (Å²) in [5, 5.41) is 38.2. The molecule has 1 unspecified atom stereocenters. The van der Waals surface area contributed by atoms with Crippen LogP contribution in [0.15, 0.2) is 30.3 Å². The third-order valence-electron chi connectivity index (χ3n) is 3.47. The maximum atomic E-state index is 12.5. The van der Waals surface area contributed by atoms with E-state index >= 15 is 0 Å². The van der Waals surface area contributed by atoms with Crippen molar-refractivity contribution in [2.75, 3.05) is 6.61 Å². The number of fused-ring (bicyclic) bond motifs is 1. The lowest BCUT2D eigenvalue weighted by Gasteiger charge is -2.25. The summed E-state index contributed by atoms with van der Waals surface area (Å²) in [6.07, 6.45) is 0. The van der Waals surface area contributed by atoms with E-state index in [1.54, 1.807) is 12.1 Å². The minimum absolute atomic E-state index is 0.0347. The second-order valence-electron chi connectivity index (χ2n) is 4.79. The Balaban J connectivity index is 2.07. The van der Waals surface area contributed by atoms with Crippen LogP contribution in [0, 0.1) is 0 Å². The molecular formula is C15H12O6. The molecular weight excluding hydrogens is 276 g/mol. The van der Waals surface area contributed by atoms with Crippen LogP contribution in [0.2, 0.25) is 0 Å². The van der Waals surface area contributed by atoms with E-state index in [2.05, 4.69) is 0 Å². The first-order valence-corrected chi connectivity index (χ1v) is 6.23. The van der Waals surface area contributed by atoms with Gasteiger partial charge in [0.15, 0.2) is 17.3 Å². The van der Waals surface area contributed by atoms with Crippen LogP contribution < -0.4 is 4.74 Å². The van der Waals surface area contributed by atoms with Crippen molar-refractivity contribution < 1.29 is 30.0 Å². The number of phenolic OH excluding ortho intramolecular Hbond substituents is 4. The van der Waals surface area contributed by atoms with Gasteiger partial charge in [-0.2, -0.15) is 0 Å². The third-order valence-corrected chi connectivity index (χ3v) is 3.47. The number of hydrogen-bond acceptors (Lipinski definition) is 6. The predicted octanol–water partition coefficient (Wildman–Crippen LogP) is 1.87. The van der Waals surface area contributed by atoms with Crippen LogP contribution in [0.3, 0.4) is 0 Å². The van der Waals surface area contributed by atoms with E-state index in [0.717, 1.165) is 6.07 Å². The third kappa shape index (κ3) is 2.01. The maximum absolute atomic E-state index is 12.5. The normalized spacial score (nSPS) is 17.1. The van der Waals surface area contributed by atoms with Crippen molar-refractivity contribution >= 4 is 5.78 Å². The molecule has 1 atom stereocenters. The Bertz CT molecular complexity index is 720. The molecule has 1 aliphatic heterocycles. The van der Waals surface area contributed by atoms with Gasteiger partial charge in [-0.25, -0.2) is 0 Å². The molecule has 2 aromatic rings. The topological polar surface area (TPSA) is 107 Å². The van der Waals surface area contributed by atoms with E-state index in [-0.39, 0.29) is 23.7 Å². The molecule has 0 bridgehead atoms. The number of phenols is 4. The average Bonchev–Trinajstić information content (AvgIpc) is 2.45. The highest BCUT2D eigenvalue weighted by atomic mass is 16.5. The van der Waals surface area contributed by atoms with E-state index in [0.29, 0.717) is 5.56 Å². The lowest BCUT2D eigenvalue weighted by Crippen LogP contribution is -2.26. The molecule has 0 fully saturated rings. The summed E-state index contributed by atoms with van der Waals surface area (Å²) in [5.41, 5.74) is 0.463. The lowest BCUT2D eigenvalue weighted by molar-refractivity contribution is 0.0888. The van der Waals surface area contributed by atoms with Gasteiger partial charge >= 0.3 is 0 Å². The first-order chi connectivity index (χ1) is 9.99. The van der Waals surface area contributed by atoms with Crippen molar-refractivity contribution in [1.29, 1.82) is 0 Å². The zero-order valence-corrected chi connectivity index (χ0v) is 10.8. The number of ketones is 1. The Morgan fingerprint density at radius 3 is 2.33 bits per heavy atom. The summed E-state index contributed by atoms with van der Waals surface area (Å²) in [7, 11) is 0. The van der Waals surface area contributed by atoms with Crippen LogP contribution in [0.25, 0.3) is 0 Å². The molecule has 21 heavy (non-hydrogen) atoms. The fraction of sp³-hybridized carbons (Fsp3) is 0.133. The molecule has 2 aromatic carbocycles. The maximum Gasteiger partial charge on any atom is 0.201 e. The van der Waals surface area contributed by atoms with Crippen molar-refractivity contribution in [3.05, 3.63) is 41.5 Å². The Morgan fingerprint density at radius 2 is 1.67 bits per heavy atom. The number of hydrogen-bond donors (Lipinski definition) is 4. The molecule has 1 heterocycles. The molecule has 6 nitrogen and oxygen atoms in total. The Hall–Kier alpha value is -2.89. The van der Waals surface area contributed by atoms with Gasteiger partial charge in [-0.1, -0.05) is 12.1 Å². The summed E-state index contributed by atoms with van der Waals surface area (Å²) in [6.45, 7) is -0.0347. The molecule has 0 aromatic heterocycles. The van der Waals surface area contributed by atoms with E-state index in [1.165, 1.54) is 12.1 Å². The zero-order chi connectivity index (χ0) is 15.1. The Labute approximate surface area is 119 Å². The molecule has 108 valence electrons.